The minimum Gasteiger partial charge on any atom is -0.427 e. The number of hydrogen-bond acceptors (Lipinski definition) is 6. The maximum absolute atomic E-state index is 13.6. The van der Waals surface area contributed by atoms with Gasteiger partial charge in [-0.15, -0.1) is 11.8 Å². The summed E-state index contributed by atoms with van der Waals surface area (Å²) in [6, 6.07) is 0. The van der Waals surface area contributed by atoms with E-state index in [4.69, 9.17) is 10.4 Å². The first-order chi connectivity index (χ1) is 16.1. The Balaban J connectivity index is 1.16. The summed E-state index contributed by atoms with van der Waals surface area (Å²) in [4.78, 5) is 15.8. The van der Waals surface area contributed by atoms with Crippen LogP contribution in [-0.2, 0) is 9.45 Å². The summed E-state index contributed by atoms with van der Waals surface area (Å²) in [5.74, 6) is 4.70. The molecule has 2 aliphatic carbocycles. The van der Waals surface area contributed by atoms with Gasteiger partial charge in [-0.3, -0.25) is 4.79 Å². The molecular weight excluding hydrogens is 451 g/mol. The van der Waals surface area contributed by atoms with Crippen molar-refractivity contribution in [1.82, 2.24) is 4.90 Å². The van der Waals surface area contributed by atoms with Crippen LogP contribution in [0.5, 0.6) is 0 Å². The first-order valence-corrected chi connectivity index (χ1v) is 15.8. The van der Waals surface area contributed by atoms with Gasteiger partial charge in [-0.25, -0.2) is 0 Å². The number of piperidine rings is 1. The maximum Gasteiger partial charge on any atom is 0.457 e. The average molecular weight is 495 g/mol. The van der Waals surface area contributed by atoms with Gasteiger partial charge in [0.2, 0.25) is 5.91 Å². The van der Waals surface area contributed by atoms with Crippen molar-refractivity contribution in [2.45, 2.75) is 79.9 Å². The molecule has 0 spiro atoms. The number of carbonyl (C=O) groups is 1. The summed E-state index contributed by atoms with van der Waals surface area (Å²) >= 11 is 3.87. The van der Waals surface area contributed by atoms with Gasteiger partial charge < -0.3 is 20.3 Å². The standard InChI is InChI=1S/C25H43BN2O3S2/c1-32-25-20(19-6-3-7-22-21(19)15-31-26(22)30)13-23(33-25)24(29)28-10-8-17(9-11-28)18-5-2-4-16(12-18)14-27/h16-23,25,30H,2-15,27H2,1H3. The zero-order chi connectivity index (χ0) is 22.9. The number of hydrogen-bond donors (Lipinski definition) is 2. The summed E-state index contributed by atoms with van der Waals surface area (Å²) < 4.78 is 6.16. The molecule has 8 heteroatoms. The van der Waals surface area contributed by atoms with Gasteiger partial charge in [0, 0.05) is 19.7 Å². The zero-order valence-electron chi connectivity index (χ0n) is 20.3. The molecule has 1 amide bonds. The van der Waals surface area contributed by atoms with E-state index in [0.29, 0.717) is 40.7 Å². The van der Waals surface area contributed by atoms with E-state index in [0.717, 1.165) is 50.2 Å². The van der Waals surface area contributed by atoms with Gasteiger partial charge in [0.15, 0.2) is 0 Å². The largest absolute Gasteiger partial charge is 0.457 e. The summed E-state index contributed by atoms with van der Waals surface area (Å²) in [6.07, 6.45) is 14.4. The number of amides is 1. The summed E-state index contributed by atoms with van der Waals surface area (Å²) in [5.41, 5.74) is 5.97. The Morgan fingerprint density at radius 3 is 2.61 bits per heavy atom. The van der Waals surface area contributed by atoms with Gasteiger partial charge in [0.05, 0.1) is 9.83 Å². The number of carbonyl (C=O) groups excluding carboxylic acids is 1. The van der Waals surface area contributed by atoms with Gasteiger partial charge >= 0.3 is 7.12 Å². The van der Waals surface area contributed by atoms with Crippen LogP contribution in [0.1, 0.15) is 64.2 Å². The molecule has 5 fully saturated rings. The van der Waals surface area contributed by atoms with E-state index in [2.05, 4.69) is 11.2 Å². The van der Waals surface area contributed by atoms with Crippen LogP contribution in [-0.4, -0.2) is 65.3 Å². The van der Waals surface area contributed by atoms with Gasteiger partial charge in [-0.1, -0.05) is 25.7 Å². The second-order valence-electron chi connectivity index (χ2n) is 11.5. The van der Waals surface area contributed by atoms with Crippen LogP contribution < -0.4 is 5.73 Å². The Hall–Kier alpha value is 0.115. The Bertz CT molecular complexity index is 680. The Kier molecular flexibility index (Phi) is 8.28. The van der Waals surface area contributed by atoms with Crippen LogP contribution in [0.25, 0.3) is 0 Å². The van der Waals surface area contributed by atoms with Crippen molar-refractivity contribution in [3.05, 3.63) is 0 Å². The molecule has 8 unspecified atom stereocenters. The van der Waals surface area contributed by atoms with Crippen molar-refractivity contribution in [2.75, 3.05) is 32.5 Å². The molecule has 5 aliphatic rings. The molecule has 0 bridgehead atoms. The fraction of sp³-hybridized carbons (Fsp3) is 0.960. The lowest BCUT2D eigenvalue weighted by molar-refractivity contribution is -0.132. The van der Waals surface area contributed by atoms with E-state index in [-0.39, 0.29) is 5.25 Å². The van der Waals surface area contributed by atoms with Crippen molar-refractivity contribution in [3.63, 3.8) is 0 Å². The SMILES string of the molecule is CSC1SC(C(=O)N2CCC(C3CCCC(CN)C3)CC2)CC1C1CCCC2B(O)OCC21. The lowest BCUT2D eigenvalue weighted by Crippen LogP contribution is -2.44. The second-order valence-corrected chi connectivity index (χ2v) is 14.1. The molecule has 3 heterocycles. The number of fused-ring (bicyclic) bond motifs is 1. The first-order valence-electron chi connectivity index (χ1n) is 13.6. The fourth-order valence-electron chi connectivity index (χ4n) is 8.01. The number of nitrogens with two attached hydrogens (primary N) is 1. The van der Waals surface area contributed by atoms with Crippen molar-refractivity contribution < 1.29 is 14.5 Å². The van der Waals surface area contributed by atoms with Crippen molar-refractivity contribution in [3.8, 4) is 0 Å². The third-order valence-corrected chi connectivity index (χ3v) is 12.9. The van der Waals surface area contributed by atoms with Crippen LogP contribution in [0.2, 0.25) is 5.82 Å². The van der Waals surface area contributed by atoms with Crippen LogP contribution in [0.3, 0.4) is 0 Å². The normalized spacial score (nSPS) is 42.5. The van der Waals surface area contributed by atoms with E-state index in [9.17, 15) is 9.82 Å². The minimum atomic E-state index is -0.567. The van der Waals surface area contributed by atoms with E-state index >= 15 is 0 Å². The predicted molar refractivity (Wildman–Crippen MR) is 139 cm³/mol. The molecule has 5 nitrogen and oxygen atoms in total. The lowest BCUT2D eigenvalue weighted by Gasteiger charge is -2.40. The summed E-state index contributed by atoms with van der Waals surface area (Å²) in [7, 11) is -0.567. The first kappa shape index (κ1) is 24.8. The number of thioether (sulfide) groups is 2. The highest BCUT2D eigenvalue weighted by atomic mass is 32.2. The quantitative estimate of drug-likeness (QED) is 0.561. The Morgan fingerprint density at radius 2 is 1.85 bits per heavy atom. The van der Waals surface area contributed by atoms with Gasteiger partial charge in [-0.2, -0.15) is 11.8 Å². The summed E-state index contributed by atoms with van der Waals surface area (Å²) in [6.45, 7) is 3.45. The zero-order valence-corrected chi connectivity index (χ0v) is 21.9. The molecule has 186 valence electrons. The lowest BCUT2D eigenvalue weighted by atomic mass is 9.57. The van der Waals surface area contributed by atoms with E-state index in [1.807, 2.05) is 23.5 Å². The van der Waals surface area contributed by atoms with Gasteiger partial charge in [0.1, 0.15) is 0 Å². The molecule has 2 saturated carbocycles. The highest BCUT2D eigenvalue weighted by molar-refractivity contribution is 8.17. The number of rotatable bonds is 5. The van der Waals surface area contributed by atoms with Crippen molar-refractivity contribution >= 4 is 36.5 Å². The van der Waals surface area contributed by atoms with Gasteiger partial charge in [-0.05, 0) is 92.7 Å². The number of nitrogens with zero attached hydrogens (tertiary/aromatic N) is 1. The van der Waals surface area contributed by atoms with Crippen molar-refractivity contribution in [1.29, 1.82) is 0 Å². The molecular formula is C25H43BN2O3S2. The van der Waals surface area contributed by atoms with Crippen LogP contribution in [0, 0.1) is 35.5 Å². The molecule has 5 rings (SSSR count). The minimum absolute atomic E-state index is 0.118. The molecule has 3 aliphatic heterocycles. The number of likely N-dealkylation sites (tertiary alicyclic amines) is 1. The van der Waals surface area contributed by atoms with Crippen molar-refractivity contribution in [2.24, 2.45) is 41.2 Å². The Labute approximate surface area is 209 Å². The van der Waals surface area contributed by atoms with Crippen LogP contribution in [0.4, 0.5) is 0 Å². The van der Waals surface area contributed by atoms with Crippen LogP contribution >= 0.6 is 23.5 Å². The summed E-state index contributed by atoms with van der Waals surface area (Å²) in [5, 5.41) is 10.4. The molecule has 0 aromatic heterocycles. The maximum atomic E-state index is 13.6. The third kappa shape index (κ3) is 5.16. The molecule has 0 radical (unpaired) electrons. The molecule has 3 saturated heterocycles. The molecule has 33 heavy (non-hydrogen) atoms. The fourth-order valence-corrected chi connectivity index (χ4v) is 11.0. The third-order valence-electron chi connectivity index (χ3n) is 9.87. The monoisotopic (exact) mass is 494 g/mol. The van der Waals surface area contributed by atoms with Gasteiger partial charge in [0.25, 0.3) is 0 Å². The molecule has 0 aromatic rings. The second kappa shape index (κ2) is 11.0. The molecule has 8 atom stereocenters. The molecule has 3 N–H and O–H groups in total. The topological polar surface area (TPSA) is 75.8 Å². The highest BCUT2D eigenvalue weighted by Crippen LogP contribution is 2.55. The average Bonchev–Trinajstić information content (AvgIpc) is 3.47. The molecule has 0 aromatic carbocycles. The highest BCUT2D eigenvalue weighted by Gasteiger charge is 2.52. The van der Waals surface area contributed by atoms with E-state index in [1.54, 1.807) is 0 Å². The van der Waals surface area contributed by atoms with Crippen LogP contribution in [0.15, 0.2) is 0 Å². The predicted octanol–water partition coefficient (Wildman–Crippen LogP) is 4.10. The van der Waals surface area contributed by atoms with E-state index in [1.165, 1.54) is 51.4 Å². The Morgan fingerprint density at radius 1 is 1.06 bits per heavy atom. The smallest absolute Gasteiger partial charge is 0.427 e. The van der Waals surface area contributed by atoms with E-state index < -0.39 is 7.12 Å².